The monoisotopic (exact) mass is 265 g/mol. The van der Waals surface area contributed by atoms with Crippen LogP contribution in [0.15, 0.2) is 48.5 Å². The smallest absolute Gasteiger partial charge is 0.0876 e. The van der Waals surface area contributed by atoms with Crippen molar-refractivity contribution >= 4 is 0 Å². The fraction of sp³-hybridized carbons (Fsp3) is 0.333. The zero-order chi connectivity index (χ0) is 13.9. The molecule has 1 aliphatic carbocycles. The van der Waals surface area contributed by atoms with Crippen LogP contribution in [0.3, 0.4) is 0 Å². The van der Waals surface area contributed by atoms with Crippen LogP contribution in [0.2, 0.25) is 0 Å². The summed E-state index contributed by atoms with van der Waals surface area (Å²) in [5, 5.41) is 10.9. The summed E-state index contributed by atoms with van der Waals surface area (Å²) in [6.45, 7) is 2.22. The van der Waals surface area contributed by atoms with Crippen LogP contribution in [0.25, 0.3) is 0 Å². The van der Waals surface area contributed by atoms with Crippen molar-refractivity contribution in [2.45, 2.75) is 31.0 Å². The van der Waals surface area contributed by atoms with E-state index in [0.717, 1.165) is 5.56 Å². The lowest BCUT2D eigenvalue weighted by molar-refractivity contribution is 0.0836. The largest absolute Gasteiger partial charge is 0.388 e. The van der Waals surface area contributed by atoms with Gasteiger partial charge in [0.1, 0.15) is 0 Å². The van der Waals surface area contributed by atoms with Gasteiger partial charge in [0, 0.05) is 12.0 Å². The molecule has 102 valence electrons. The Labute approximate surface area is 119 Å². The minimum atomic E-state index is -0.419. The number of benzene rings is 2. The average Bonchev–Trinajstić information content (AvgIpc) is 2.63. The van der Waals surface area contributed by atoms with Crippen LogP contribution in [0, 0.1) is 0 Å². The van der Waals surface area contributed by atoms with E-state index in [1.54, 1.807) is 0 Å². The summed E-state index contributed by atoms with van der Waals surface area (Å²) in [6, 6.07) is 17.5. The van der Waals surface area contributed by atoms with Gasteiger partial charge in [-0.15, -0.1) is 0 Å². The first-order chi connectivity index (χ1) is 9.70. The van der Waals surface area contributed by atoms with Crippen LogP contribution in [-0.4, -0.2) is 23.1 Å². The van der Waals surface area contributed by atoms with Gasteiger partial charge in [-0.2, -0.15) is 0 Å². The Hall–Kier alpha value is -1.64. The maximum Gasteiger partial charge on any atom is 0.0876 e. The maximum absolute atomic E-state index is 10.9. The summed E-state index contributed by atoms with van der Waals surface area (Å²) in [5.41, 5.74) is 5.01. The number of hydrogen-bond acceptors (Lipinski definition) is 2. The molecule has 4 atom stereocenters. The van der Waals surface area contributed by atoms with Crippen LogP contribution in [0.1, 0.15) is 47.2 Å². The summed E-state index contributed by atoms with van der Waals surface area (Å²) in [7, 11) is 2.17. The van der Waals surface area contributed by atoms with Gasteiger partial charge in [-0.25, -0.2) is 0 Å². The van der Waals surface area contributed by atoms with E-state index >= 15 is 0 Å². The zero-order valence-electron chi connectivity index (χ0n) is 11.8. The molecule has 5 rings (SSSR count). The highest BCUT2D eigenvalue weighted by Gasteiger charge is 2.45. The number of likely N-dealkylation sites (N-methyl/N-ethyl adjacent to an activating group) is 1. The second-order valence-corrected chi connectivity index (χ2v) is 6.04. The Kier molecular flexibility index (Phi) is 2.53. The van der Waals surface area contributed by atoms with E-state index in [1.165, 1.54) is 16.7 Å². The van der Waals surface area contributed by atoms with Gasteiger partial charge in [0.2, 0.25) is 0 Å². The van der Waals surface area contributed by atoms with Gasteiger partial charge in [0.05, 0.1) is 12.1 Å². The molecule has 0 aromatic heterocycles. The molecular formula is C18H19NO. The third kappa shape index (κ3) is 1.41. The minimum absolute atomic E-state index is 0.149. The Morgan fingerprint density at radius 3 is 2.00 bits per heavy atom. The molecule has 2 aromatic carbocycles. The molecule has 3 aliphatic rings. The zero-order valence-corrected chi connectivity index (χ0v) is 11.8. The van der Waals surface area contributed by atoms with Gasteiger partial charge >= 0.3 is 0 Å². The highest BCUT2D eigenvalue weighted by atomic mass is 16.3. The van der Waals surface area contributed by atoms with Crippen LogP contribution in [0.5, 0.6) is 0 Å². The number of fused-ring (bicyclic) bond motifs is 1. The van der Waals surface area contributed by atoms with Crippen molar-refractivity contribution in [2.24, 2.45) is 0 Å². The number of aliphatic hydroxyl groups is 1. The standard InChI is InChI=1S/C18H19NO/c1-11-16-12-7-3-4-8-13(12)17(19(11)2)14-9-5-6-10-15(14)18(16)20/h3-11,16-18,20H,1-2H3/t11-,16-,17+,18+/m1/s1. The summed E-state index contributed by atoms with van der Waals surface area (Å²) in [6.07, 6.45) is -0.419. The number of aliphatic hydroxyl groups excluding tert-OH is 1. The van der Waals surface area contributed by atoms with Crippen LogP contribution in [0.4, 0.5) is 0 Å². The molecule has 2 aromatic rings. The second-order valence-electron chi connectivity index (χ2n) is 6.04. The molecule has 1 N–H and O–H groups in total. The van der Waals surface area contributed by atoms with Crippen LogP contribution in [-0.2, 0) is 0 Å². The lowest BCUT2D eigenvalue weighted by Crippen LogP contribution is -2.41. The lowest BCUT2D eigenvalue weighted by Gasteiger charge is -2.42. The van der Waals surface area contributed by atoms with Crippen molar-refractivity contribution < 1.29 is 5.11 Å². The lowest BCUT2D eigenvalue weighted by atomic mass is 9.80. The Bertz CT molecular complexity index is 666. The predicted molar refractivity (Wildman–Crippen MR) is 79.7 cm³/mol. The normalized spacial score (nSPS) is 31.6. The summed E-state index contributed by atoms with van der Waals surface area (Å²) in [5.74, 6) is 0.149. The predicted octanol–water partition coefficient (Wildman–Crippen LogP) is 3.24. The van der Waals surface area contributed by atoms with Crippen molar-refractivity contribution in [3.8, 4) is 0 Å². The molecule has 0 spiro atoms. The van der Waals surface area contributed by atoms with E-state index in [-0.39, 0.29) is 12.0 Å². The first-order valence-electron chi connectivity index (χ1n) is 7.28. The Morgan fingerprint density at radius 2 is 1.35 bits per heavy atom. The Morgan fingerprint density at radius 1 is 0.850 bits per heavy atom. The molecule has 2 heteroatoms. The maximum atomic E-state index is 10.9. The van der Waals surface area contributed by atoms with Crippen LogP contribution < -0.4 is 0 Å². The summed E-state index contributed by atoms with van der Waals surface area (Å²) < 4.78 is 0. The molecule has 0 saturated carbocycles. The molecule has 0 unspecified atom stereocenters. The van der Waals surface area contributed by atoms with Gasteiger partial charge in [-0.3, -0.25) is 4.90 Å². The van der Waals surface area contributed by atoms with E-state index < -0.39 is 6.10 Å². The highest BCUT2D eigenvalue weighted by Crippen LogP contribution is 2.52. The molecular weight excluding hydrogens is 246 g/mol. The molecule has 0 amide bonds. The van der Waals surface area contributed by atoms with Crippen molar-refractivity contribution in [1.29, 1.82) is 0 Å². The van der Waals surface area contributed by atoms with Gasteiger partial charge in [-0.1, -0.05) is 48.5 Å². The quantitative estimate of drug-likeness (QED) is 0.790. The van der Waals surface area contributed by atoms with Crippen molar-refractivity contribution in [3.63, 3.8) is 0 Å². The average molecular weight is 265 g/mol. The first-order valence-corrected chi connectivity index (χ1v) is 7.28. The third-order valence-electron chi connectivity index (χ3n) is 5.17. The van der Waals surface area contributed by atoms with E-state index in [1.807, 2.05) is 6.07 Å². The minimum Gasteiger partial charge on any atom is -0.388 e. The molecule has 2 heterocycles. The fourth-order valence-corrected chi connectivity index (χ4v) is 4.07. The third-order valence-corrected chi connectivity index (χ3v) is 5.17. The van der Waals surface area contributed by atoms with Gasteiger partial charge in [0.15, 0.2) is 0 Å². The molecule has 0 saturated heterocycles. The van der Waals surface area contributed by atoms with Gasteiger partial charge < -0.3 is 5.11 Å². The number of rotatable bonds is 0. The van der Waals surface area contributed by atoms with Crippen molar-refractivity contribution in [1.82, 2.24) is 4.90 Å². The summed E-state index contributed by atoms with van der Waals surface area (Å²) in [4.78, 5) is 2.40. The first kappa shape index (κ1) is 12.1. The molecule has 2 aliphatic heterocycles. The molecule has 20 heavy (non-hydrogen) atoms. The highest BCUT2D eigenvalue weighted by molar-refractivity contribution is 5.50. The van der Waals surface area contributed by atoms with Crippen molar-refractivity contribution in [3.05, 3.63) is 70.8 Å². The SMILES string of the molecule is C[C@@H]1[C@@H]2c3ccccc3[C@@H](c3ccccc3[C@@H]2O)N1C. The summed E-state index contributed by atoms with van der Waals surface area (Å²) >= 11 is 0. The van der Waals surface area contributed by atoms with E-state index in [0.29, 0.717) is 6.04 Å². The van der Waals surface area contributed by atoms with Gasteiger partial charge in [0.25, 0.3) is 0 Å². The molecule has 0 radical (unpaired) electrons. The molecule has 2 bridgehead atoms. The van der Waals surface area contributed by atoms with Gasteiger partial charge in [-0.05, 0) is 36.2 Å². The van der Waals surface area contributed by atoms with Crippen molar-refractivity contribution in [2.75, 3.05) is 7.05 Å². The molecule has 2 nitrogen and oxygen atoms in total. The second kappa shape index (κ2) is 4.18. The number of hydrogen-bond donors (Lipinski definition) is 1. The van der Waals surface area contributed by atoms with E-state index in [2.05, 4.69) is 61.3 Å². The molecule has 0 fully saturated rings. The Balaban J connectivity index is 2.07. The fourth-order valence-electron chi connectivity index (χ4n) is 4.07. The van der Waals surface area contributed by atoms with Crippen LogP contribution >= 0.6 is 0 Å². The van der Waals surface area contributed by atoms with E-state index in [4.69, 9.17) is 0 Å². The topological polar surface area (TPSA) is 23.5 Å². The van der Waals surface area contributed by atoms with E-state index in [9.17, 15) is 5.11 Å². The number of nitrogens with zero attached hydrogens (tertiary/aromatic N) is 1.